The summed E-state index contributed by atoms with van der Waals surface area (Å²) in [6, 6.07) is 9.87. The monoisotopic (exact) mass is 273 g/mol. The SMILES string of the molecule is CCCn1c(-c2ccccc2)c(N)c(=O)n1C(C)(C)C. The van der Waals surface area contributed by atoms with Crippen LogP contribution in [0.25, 0.3) is 11.3 Å². The molecule has 108 valence electrons. The van der Waals surface area contributed by atoms with Crippen LogP contribution < -0.4 is 11.3 Å². The van der Waals surface area contributed by atoms with E-state index >= 15 is 0 Å². The van der Waals surface area contributed by atoms with Crippen molar-refractivity contribution in [2.75, 3.05) is 5.73 Å². The lowest BCUT2D eigenvalue weighted by Crippen LogP contribution is -2.37. The van der Waals surface area contributed by atoms with E-state index in [9.17, 15) is 4.79 Å². The highest BCUT2D eigenvalue weighted by molar-refractivity contribution is 5.72. The van der Waals surface area contributed by atoms with Crippen LogP contribution in [0.15, 0.2) is 35.1 Å². The lowest BCUT2D eigenvalue weighted by molar-refractivity contribution is 0.285. The van der Waals surface area contributed by atoms with Crippen molar-refractivity contribution in [3.63, 3.8) is 0 Å². The molecule has 0 aliphatic heterocycles. The van der Waals surface area contributed by atoms with Crippen LogP contribution in [-0.4, -0.2) is 9.36 Å². The van der Waals surface area contributed by atoms with Crippen LogP contribution in [0.3, 0.4) is 0 Å². The maximum Gasteiger partial charge on any atom is 0.290 e. The fraction of sp³-hybridized carbons (Fsp3) is 0.438. The standard InChI is InChI=1S/C16H23N3O/c1-5-11-18-14(12-9-7-6-8-10-12)13(17)15(20)19(18)16(2,3)4/h6-10H,5,11,17H2,1-4H3. The molecule has 0 unspecified atom stereocenters. The lowest BCUT2D eigenvalue weighted by Gasteiger charge is -2.25. The van der Waals surface area contributed by atoms with Gasteiger partial charge >= 0.3 is 0 Å². The molecule has 1 heterocycles. The van der Waals surface area contributed by atoms with Crippen LogP contribution in [0.2, 0.25) is 0 Å². The molecule has 2 rings (SSSR count). The predicted octanol–water partition coefficient (Wildman–Crippen LogP) is 3.06. The van der Waals surface area contributed by atoms with Gasteiger partial charge in [0.25, 0.3) is 5.56 Å². The molecule has 0 aliphatic carbocycles. The minimum Gasteiger partial charge on any atom is -0.392 e. The molecule has 2 N–H and O–H groups in total. The third kappa shape index (κ3) is 2.38. The van der Waals surface area contributed by atoms with Gasteiger partial charge in [0, 0.05) is 12.1 Å². The summed E-state index contributed by atoms with van der Waals surface area (Å²) in [7, 11) is 0. The Morgan fingerprint density at radius 3 is 2.25 bits per heavy atom. The summed E-state index contributed by atoms with van der Waals surface area (Å²) in [6.45, 7) is 8.94. The topological polar surface area (TPSA) is 52.9 Å². The highest BCUT2D eigenvalue weighted by atomic mass is 16.1. The zero-order valence-electron chi connectivity index (χ0n) is 12.7. The van der Waals surface area contributed by atoms with Crippen molar-refractivity contribution in [3.8, 4) is 11.3 Å². The van der Waals surface area contributed by atoms with Crippen molar-refractivity contribution in [3.05, 3.63) is 40.7 Å². The molecule has 0 radical (unpaired) electrons. The zero-order valence-corrected chi connectivity index (χ0v) is 12.7. The summed E-state index contributed by atoms with van der Waals surface area (Å²) in [5.74, 6) is 0. The number of nitrogens with zero attached hydrogens (tertiary/aromatic N) is 2. The largest absolute Gasteiger partial charge is 0.392 e. The fourth-order valence-corrected chi connectivity index (χ4v) is 2.55. The summed E-state index contributed by atoms with van der Waals surface area (Å²) >= 11 is 0. The zero-order chi connectivity index (χ0) is 14.9. The van der Waals surface area contributed by atoms with E-state index in [0.717, 1.165) is 24.2 Å². The summed E-state index contributed by atoms with van der Waals surface area (Å²) < 4.78 is 3.79. The number of aromatic nitrogens is 2. The Labute approximate surface area is 119 Å². The first kappa shape index (κ1) is 14.4. The molecule has 0 amide bonds. The second-order valence-electron chi connectivity index (χ2n) is 6.04. The second kappa shape index (κ2) is 5.19. The molecule has 4 heteroatoms. The predicted molar refractivity (Wildman–Crippen MR) is 83.8 cm³/mol. The van der Waals surface area contributed by atoms with E-state index in [4.69, 9.17) is 5.73 Å². The van der Waals surface area contributed by atoms with Gasteiger partial charge in [-0.3, -0.25) is 9.48 Å². The van der Waals surface area contributed by atoms with Crippen molar-refractivity contribution in [2.45, 2.75) is 46.2 Å². The van der Waals surface area contributed by atoms with Crippen molar-refractivity contribution in [1.82, 2.24) is 9.36 Å². The van der Waals surface area contributed by atoms with Crippen molar-refractivity contribution < 1.29 is 0 Å². The Morgan fingerprint density at radius 1 is 1.15 bits per heavy atom. The normalized spacial score (nSPS) is 11.8. The first-order chi connectivity index (χ1) is 9.38. The van der Waals surface area contributed by atoms with Crippen LogP contribution in [0.4, 0.5) is 5.69 Å². The molecule has 0 bridgehead atoms. The molecule has 4 nitrogen and oxygen atoms in total. The highest BCUT2D eigenvalue weighted by Crippen LogP contribution is 2.27. The van der Waals surface area contributed by atoms with E-state index in [-0.39, 0.29) is 11.1 Å². The Bertz CT molecular complexity index is 645. The third-order valence-corrected chi connectivity index (χ3v) is 3.30. The van der Waals surface area contributed by atoms with E-state index in [1.54, 1.807) is 4.68 Å². The Kier molecular flexibility index (Phi) is 3.75. The number of anilines is 1. The smallest absolute Gasteiger partial charge is 0.290 e. The highest BCUT2D eigenvalue weighted by Gasteiger charge is 2.25. The Hall–Kier alpha value is -1.97. The number of benzene rings is 1. The third-order valence-electron chi connectivity index (χ3n) is 3.30. The van der Waals surface area contributed by atoms with Gasteiger partial charge in [0.2, 0.25) is 0 Å². The molecule has 1 aromatic carbocycles. The molecule has 0 saturated heterocycles. The molecule has 0 fully saturated rings. The van der Waals surface area contributed by atoms with E-state index in [1.165, 1.54) is 0 Å². The summed E-state index contributed by atoms with van der Waals surface area (Å²) in [6.07, 6.45) is 0.948. The summed E-state index contributed by atoms with van der Waals surface area (Å²) in [5.41, 5.74) is 7.85. The minimum atomic E-state index is -0.298. The average Bonchev–Trinajstić information content (AvgIpc) is 2.63. The Balaban J connectivity index is 2.78. The average molecular weight is 273 g/mol. The van der Waals surface area contributed by atoms with Gasteiger partial charge in [-0.25, -0.2) is 4.68 Å². The quantitative estimate of drug-likeness (QED) is 0.934. The number of nitrogens with two attached hydrogens (primary N) is 1. The van der Waals surface area contributed by atoms with Crippen molar-refractivity contribution in [2.24, 2.45) is 0 Å². The van der Waals surface area contributed by atoms with E-state index in [2.05, 4.69) is 6.92 Å². The van der Waals surface area contributed by atoms with E-state index in [1.807, 2.05) is 55.8 Å². The minimum absolute atomic E-state index is 0.107. The molecule has 2 aromatic rings. The lowest BCUT2D eigenvalue weighted by atomic mass is 10.1. The Morgan fingerprint density at radius 2 is 1.75 bits per heavy atom. The van der Waals surface area contributed by atoms with Crippen LogP contribution >= 0.6 is 0 Å². The van der Waals surface area contributed by atoms with E-state index < -0.39 is 0 Å². The van der Waals surface area contributed by atoms with E-state index in [0.29, 0.717) is 5.69 Å². The van der Waals surface area contributed by atoms with Gasteiger partial charge in [0.1, 0.15) is 5.69 Å². The van der Waals surface area contributed by atoms with Crippen LogP contribution in [0, 0.1) is 0 Å². The first-order valence-electron chi connectivity index (χ1n) is 7.05. The molecule has 0 aliphatic rings. The van der Waals surface area contributed by atoms with Gasteiger partial charge in [-0.1, -0.05) is 37.3 Å². The van der Waals surface area contributed by atoms with Gasteiger partial charge in [-0.05, 0) is 27.2 Å². The fourth-order valence-electron chi connectivity index (χ4n) is 2.55. The van der Waals surface area contributed by atoms with Crippen LogP contribution in [0.5, 0.6) is 0 Å². The molecule has 0 saturated carbocycles. The van der Waals surface area contributed by atoms with Crippen molar-refractivity contribution in [1.29, 1.82) is 0 Å². The number of hydrogen-bond acceptors (Lipinski definition) is 2. The molecule has 20 heavy (non-hydrogen) atoms. The first-order valence-corrected chi connectivity index (χ1v) is 7.05. The maximum absolute atomic E-state index is 12.5. The molecule has 0 spiro atoms. The van der Waals surface area contributed by atoms with Crippen molar-refractivity contribution >= 4 is 5.69 Å². The maximum atomic E-state index is 12.5. The number of nitrogen functional groups attached to an aromatic ring is 1. The summed E-state index contributed by atoms with van der Waals surface area (Å²) in [5, 5.41) is 0. The number of hydrogen-bond donors (Lipinski definition) is 1. The van der Waals surface area contributed by atoms with Crippen LogP contribution in [0.1, 0.15) is 34.1 Å². The van der Waals surface area contributed by atoms with Crippen LogP contribution in [-0.2, 0) is 12.1 Å². The number of rotatable bonds is 3. The van der Waals surface area contributed by atoms with Gasteiger partial charge < -0.3 is 5.73 Å². The second-order valence-corrected chi connectivity index (χ2v) is 6.04. The van der Waals surface area contributed by atoms with Gasteiger partial charge in [-0.2, -0.15) is 0 Å². The van der Waals surface area contributed by atoms with Gasteiger partial charge in [0.15, 0.2) is 0 Å². The van der Waals surface area contributed by atoms with Gasteiger partial charge in [-0.15, -0.1) is 0 Å². The van der Waals surface area contributed by atoms with Gasteiger partial charge in [0.05, 0.1) is 11.2 Å². The molecular weight excluding hydrogens is 250 g/mol. The molecular formula is C16H23N3O. The molecule has 0 atom stereocenters. The summed E-state index contributed by atoms with van der Waals surface area (Å²) in [4.78, 5) is 12.5. The molecule has 1 aromatic heterocycles.